The van der Waals surface area contributed by atoms with E-state index in [0.29, 0.717) is 18.9 Å². The maximum Gasteiger partial charge on any atom is 0.308 e. The van der Waals surface area contributed by atoms with Crippen LogP contribution in [0.5, 0.6) is 0 Å². The van der Waals surface area contributed by atoms with Crippen LogP contribution in [0.15, 0.2) is 23.8 Å². The Balaban J connectivity index is 1.67. The van der Waals surface area contributed by atoms with Crippen LogP contribution in [0.1, 0.15) is 58.8 Å². The summed E-state index contributed by atoms with van der Waals surface area (Å²) in [4.78, 5) is 23.9. The number of cyclic esters (lactones) is 1. The van der Waals surface area contributed by atoms with Gasteiger partial charge >= 0.3 is 11.9 Å². The second-order valence-electron chi connectivity index (χ2n) is 9.25. The third-order valence-electron chi connectivity index (χ3n) is 6.97. The first kappa shape index (κ1) is 23.0. The molecule has 1 fully saturated rings. The van der Waals surface area contributed by atoms with Gasteiger partial charge in [0.05, 0.1) is 25.0 Å². The number of carbonyl (C=O) groups excluding carboxylic acids is 2. The molecular formula is C24H36O6. The Bertz CT molecular complexity index is 669. The van der Waals surface area contributed by atoms with E-state index in [9.17, 15) is 19.8 Å². The van der Waals surface area contributed by atoms with Crippen molar-refractivity contribution >= 4 is 11.9 Å². The van der Waals surface area contributed by atoms with Crippen LogP contribution >= 0.6 is 0 Å². The molecule has 0 spiro atoms. The summed E-state index contributed by atoms with van der Waals surface area (Å²) >= 11 is 0. The maximum atomic E-state index is 12.2. The number of hydrogen-bond acceptors (Lipinski definition) is 6. The highest BCUT2D eigenvalue weighted by atomic mass is 16.5. The Kier molecular flexibility index (Phi) is 8.12. The Hall–Kier alpha value is -1.66. The lowest BCUT2D eigenvalue weighted by Crippen LogP contribution is -2.37. The van der Waals surface area contributed by atoms with Crippen LogP contribution < -0.4 is 0 Å². The van der Waals surface area contributed by atoms with E-state index in [0.717, 1.165) is 32.1 Å². The summed E-state index contributed by atoms with van der Waals surface area (Å²) in [5.74, 6) is 0.316. The molecule has 2 aliphatic carbocycles. The molecule has 6 heteroatoms. The molecule has 0 bridgehead atoms. The largest absolute Gasteiger partial charge is 0.465 e. The van der Waals surface area contributed by atoms with Gasteiger partial charge in [-0.15, -0.1) is 0 Å². The summed E-state index contributed by atoms with van der Waals surface area (Å²) in [5, 5.41) is 19.6. The predicted octanol–water partition coefficient (Wildman–Crippen LogP) is 3.17. The molecule has 6 nitrogen and oxygen atoms in total. The van der Waals surface area contributed by atoms with Crippen LogP contribution in [-0.4, -0.2) is 47.6 Å². The average Bonchev–Trinajstić information content (AvgIpc) is 2.74. The summed E-state index contributed by atoms with van der Waals surface area (Å²) in [5.41, 5.74) is 1.22. The highest BCUT2D eigenvalue weighted by Crippen LogP contribution is 2.45. The summed E-state index contributed by atoms with van der Waals surface area (Å²) in [6, 6.07) is 0. The van der Waals surface area contributed by atoms with Crippen LogP contribution in [0.25, 0.3) is 0 Å². The lowest BCUT2D eigenvalue weighted by molar-refractivity contribution is -0.160. The molecule has 0 aromatic rings. The number of allylic oxidation sites excluding steroid dienone is 3. The van der Waals surface area contributed by atoms with E-state index in [1.165, 1.54) is 5.57 Å². The van der Waals surface area contributed by atoms with Gasteiger partial charge in [0.1, 0.15) is 6.10 Å². The van der Waals surface area contributed by atoms with Crippen molar-refractivity contribution in [3.63, 3.8) is 0 Å². The predicted molar refractivity (Wildman–Crippen MR) is 112 cm³/mol. The average molecular weight is 421 g/mol. The van der Waals surface area contributed by atoms with Crippen LogP contribution in [0.2, 0.25) is 0 Å². The SMILES string of the molecule is CC[C@H](C)C(=O)OC[C@H]1C[C@H](CO)C=C2C=CC[C@H](CC[C@@H]3C[C@@H](O)CC(=O)O3)[C@@H]21. The molecule has 0 aromatic heterocycles. The number of esters is 2. The third-order valence-corrected chi connectivity index (χ3v) is 6.97. The molecule has 7 atom stereocenters. The van der Waals surface area contributed by atoms with Crippen molar-refractivity contribution in [2.24, 2.45) is 29.6 Å². The molecule has 168 valence electrons. The standard InChI is InChI=1S/C24H36O6/c1-3-15(2)24(28)29-14-19-10-16(13-25)9-18-6-4-5-17(23(18)19)7-8-21-11-20(26)12-22(27)30-21/h4,6,9,15-17,19-21,23,25-26H,3,5,7-8,10-14H2,1-2H3/t15-,16+,17+,19+,20+,21+,23-/m0/s1. The molecule has 0 amide bonds. The number of carbonyl (C=O) groups is 2. The zero-order valence-corrected chi connectivity index (χ0v) is 18.2. The lowest BCUT2D eigenvalue weighted by atomic mass is 9.65. The molecule has 1 saturated heterocycles. The van der Waals surface area contributed by atoms with Gasteiger partial charge in [-0.2, -0.15) is 0 Å². The number of fused-ring (bicyclic) bond motifs is 1. The Labute approximate surface area is 179 Å². The maximum absolute atomic E-state index is 12.2. The fourth-order valence-corrected chi connectivity index (χ4v) is 5.14. The zero-order valence-electron chi connectivity index (χ0n) is 18.2. The highest BCUT2D eigenvalue weighted by molar-refractivity contribution is 5.72. The number of hydrogen-bond donors (Lipinski definition) is 2. The van der Waals surface area contributed by atoms with E-state index < -0.39 is 6.10 Å². The first-order valence-corrected chi connectivity index (χ1v) is 11.4. The van der Waals surface area contributed by atoms with Gasteiger partial charge in [-0.05, 0) is 49.5 Å². The monoisotopic (exact) mass is 420 g/mol. The van der Waals surface area contributed by atoms with Crippen LogP contribution in [-0.2, 0) is 19.1 Å². The van der Waals surface area contributed by atoms with Gasteiger partial charge in [-0.25, -0.2) is 0 Å². The summed E-state index contributed by atoms with van der Waals surface area (Å²) < 4.78 is 11.1. The summed E-state index contributed by atoms with van der Waals surface area (Å²) in [6.07, 6.45) is 10.4. The molecule has 0 unspecified atom stereocenters. The van der Waals surface area contributed by atoms with Gasteiger partial charge in [0.25, 0.3) is 0 Å². The van der Waals surface area contributed by atoms with E-state index in [1.54, 1.807) is 0 Å². The van der Waals surface area contributed by atoms with Gasteiger partial charge in [0, 0.05) is 24.9 Å². The second-order valence-corrected chi connectivity index (χ2v) is 9.25. The van der Waals surface area contributed by atoms with Crippen molar-refractivity contribution < 1.29 is 29.3 Å². The Morgan fingerprint density at radius 3 is 2.80 bits per heavy atom. The number of rotatable bonds is 8. The van der Waals surface area contributed by atoms with Gasteiger partial charge in [0.15, 0.2) is 0 Å². The van der Waals surface area contributed by atoms with Crippen LogP contribution in [0, 0.1) is 29.6 Å². The van der Waals surface area contributed by atoms with Crippen molar-refractivity contribution in [2.75, 3.05) is 13.2 Å². The fraction of sp³-hybridized carbons (Fsp3) is 0.750. The number of ether oxygens (including phenoxy) is 2. The zero-order chi connectivity index (χ0) is 21.7. The first-order chi connectivity index (χ1) is 14.4. The number of aliphatic hydroxyl groups excluding tert-OH is 2. The molecule has 30 heavy (non-hydrogen) atoms. The summed E-state index contributed by atoms with van der Waals surface area (Å²) in [6.45, 7) is 4.34. The smallest absolute Gasteiger partial charge is 0.308 e. The minimum atomic E-state index is -0.606. The second kappa shape index (κ2) is 10.6. The van der Waals surface area contributed by atoms with Crippen molar-refractivity contribution in [1.82, 2.24) is 0 Å². The van der Waals surface area contributed by atoms with E-state index >= 15 is 0 Å². The Morgan fingerprint density at radius 1 is 1.30 bits per heavy atom. The van der Waals surface area contributed by atoms with E-state index in [2.05, 4.69) is 18.2 Å². The normalized spacial score (nSPS) is 34.5. The molecule has 1 aliphatic heterocycles. The molecule has 0 saturated carbocycles. The molecule has 2 N–H and O–H groups in total. The van der Waals surface area contributed by atoms with Crippen molar-refractivity contribution in [3.05, 3.63) is 23.8 Å². The van der Waals surface area contributed by atoms with Gasteiger partial charge in [0.2, 0.25) is 0 Å². The lowest BCUT2D eigenvalue weighted by Gasteiger charge is -2.41. The van der Waals surface area contributed by atoms with Crippen LogP contribution in [0.3, 0.4) is 0 Å². The third kappa shape index (κ3) is 5.73. The van der Waals surface area contributed by atoms with Crippen molar-refractivity contribution in [2.45, 2.75) is 71.0 Å². The van der Waals surface area contributed by atoms with Crippen molar-refractivity contribution in [1.29, 1.82) is 0 Å². The number of aliphatic hydroxyl groups is 2. The van der Waals surface area contributed by atoms with Gasteiger partial charge < -0.3 is 19.7 Å². The molecule has 0 aromatic carbocycles. The molecule has 0 radical (unpaired) electrons. The van der Waals surface area contributed by atoms with Gasteiger partial charge in [-0.3, -0.25) is 9.59 Å². The van der Waals surface area contributed by atoms with Crippen molar-refractivity contribution in [3.8, 4) is 0 Å². The molecule has 3 aliphatic rings. The van der Waals surface area contributed by atoms with E-state index in [1.807, 2.05) is 13.8 Å². The van der Waals surface area contributed by atoms with Crippen LogP contribution in [0.4, 0.5) is 0 Å². The molecule has 1 heterocycles. The molecular weight excluding hydrogens is 384 g/mol. The van der Waals surface area contributed by atoms with E-state index in [4.69, 9.17) is 9.47 Å². The van der Waals surface area contributed by atoms with Gasteiger partial charge in [-0.1, -0.05) is 32.1 Å². The quantitative estimate of drug-likeness (QED) is 0.586. The minimum Gasteiger partial charge on any atom is -0.465 e. The molecule has 3 rings (SSSR count). The highest BCUT2D eigenvalue weighted by Gasteiger charge is 2.39. The van der Waals surface area contributed by atoms with E-state index in [-0.39, 0.29) is 54.7 Å². The first-order valence-electron chi connectivity index (χ1n) is 11.4. The topological polar surface area (TPSA) is 93.1 Å². The Morgan fingerprint density at radius 2 is 2.10 bits per heavy atom. The summed E-state index contributed by atoms with van der Waals surface area (Å²) in [7, 11) is 0. The fourth-order valence-electron chi connectivity index (χ4n) is 5.14. The minimum absolute atomic E-state index is 0.0846.